The molecule has 0 bridgehead atoms. The van der Waals surface area contributed by atoms with Crippen molar-refractivity contribution in [2.75, 3.05) is 0 Å². The van der Waals surface area contributed by atoms with Crippen LogP contribution in [0.3, 0.4) is 0 Å². The summed E-state index contributed by atoms with van der Waals surface area (Å²) in [6.45, 7) is 0. The molecule has 1 aliphatic rings. The zero-order chi connectivity index (χ0) is 11.8. The van der Waals surface area contributed by atoms with Crippen molar-refractivity contribution in [2.45, 2.75) is 25.7 Å². The van der Waals surface area contributed by atoms with Crippen LogP contribution in [-0.2, 0) is 6.42 Å². The molecule has 4 nitrogen and oxygen atoms in total. The Hall–Kier alpha value is -1.84. The van der Waals surface area contributed by atoms with Crippen molar-refractivity contribution in [1.29, 1.82) is 0 Å². The number of rotatable bonds is 3. The van der Waals surface area contributed by atoms with E-state index in [9.17, 15) is 10.1 Å². The third-order valence-electron chi connectivity index (χ3n) is 3.71. The number of nitro benzene ring substituents is 1. The molecule has 0 saturated heterocycles. The topological polar surface area (TPSA) is 58.9 Å². The Morgan fingerprint density at radius 2 is 2.24 bits per heavy atom. The lowest BCUT2D eigenvalue weighted by Gasteiger charge is -2.24. The third kappa shape index (κ3) is 1.69. The number of aromatic nitrogens is 1. The lowest BCUT2D eigenvalue weighted by Crippen LogP contribution is -2.13. The Morgan fingerprint density at radius 1 is 1.41 bits per heavy atom. The maximum atomic E-state index is 10.9. The van der Waals surface area contributed by atoms with Crippen molar-refractivity contribution < 1.29 is 4.92 Å². The van der Waals surface area contributed by atoms with E-state index in [1.807, 2.05) is 12.3 Å². The van der Waals surface area contributed by atoms with E-state index in [0.29, 0.717) is 5.52 Å². The highest BCUT2D eigenvalue weighted by Crippen LogP contribution is 2.33. The van der Waals surface area contributed by atoms with Gasteiger partial charge < -0.3 is 4.98 Å². The van der Waals surface area contributed by atoms with Crippen LogP contribution in [0.25, 0.3) is 10.9 Å². The SMILES string of the molecule is O=[N+]([O-])c1cccc2c(CC3CCC3)c[nH]c12. The summed E-state index contributed by atoms with van der Waals surface area (Å²) < 4.78 is 0. The molecule has 2 aromatic rings. The van der Waals surface area contributed by atoms with Gasteiger partial charge in [0.2, 0.25) is 0 Å². The number of hydrogen-bond acceptors (Lipinski definition) is 2. The summed E-state index contributed by atoms with van der Waals surface area (Å²) in [5.74, 6) is 0.772. The van der Waals surface area contributed by atoms with Crippen molar-refractivity contribution >= 4 is 16.6 Å². The van der Waals surface area contributed by atoms with Gasteiger partial charge in [0.15, 0.2) is 0 Å². The molecule has 3 rings (SSSR count). The van der Waals surface area contributed by atoms with E-state index in [4.69, 9.17) is 0 Å². The largest absolute Gasteiger partial charge is 0.355 e. The lowest BCUT2D eigenvalue weighted by molar-refractivity contribution is -0.383. The third-order valence-corrected chi connectivity index (χ3v) is 3.71. The van der Waals surface area contributed by atoms with E-state index in [-0.39, 0.29) is 10.6 Å². The van der Waals surface area contributed by atoms with Crippen LogP contribution in [0.2, 0.25) is 0 Å². The van der Waals surface area contributed by atoms with Gasteiger partial charge in [-0.1, -0.05) is 31.4 Å². The van der Waals surface area contributed by atoms with E-state index < -0.39 is 0 Å². The highest BCUT2D eigenvalue weighted by molar-refractivity contribution is 5.90. The molecule has 1 N–H and O–H groups in total. The van der Waals surface area contributed by atoms with Gasteiger partial charge >= 0.3 is 0 Å². The standard InChI is InChI=1S/C13H14N2O2/c16-15(17)12-6-2-5-11-10(8-14-13(11)12)7-9-3-1-4-9/h2,5-6,8-9,14H,1,3-4,7H2. The van der Waals surface area contributed by atoms with Crippen molar-refractivity contribution in [2.24, 2.45) is 5.92 Å². The number of nitro groups is 1. The molecule has 0 spiro atoms. The number of para-hydroxylation sites is 1. The Bertz CT molecular complexity index is 570. The van der Waals surface area contributed by atoms with E-state index in [1.165, 1.54) is 24.8 Å². The molecule has 88 valence electrons. The van der Waals surface area contributed by atoms with Crippen LogP contribution in [0, 0.1) is 16.0 Å². The average molecular weight is 230 g/mol. The second kappa shape index (κ2) is 3.87. The minimum absolute atomic E-state index is 0.169. The highest BCUT2D eigenvalue weighted by Gasteiger charge is 2.21. The first-order valence-corrected chi connectivity index (χ1v) is 5.99. The molecule has 1 aliphatic carbocycles. The molecule has 0 atom stereocenters. The molecule has 1 fully saturated rings. The predicted octanol–water partition coefficient (Wildman–Crippen LogP) is 3.42. The first kappa shape index (κ1) is 10.3. The van der Waals surface area contributed by atoms with Gasteiger partial charge in [-0.05, 0) is 17.9 Å². The Labute approximate surface area is 98.8 Å². The summed E-state index contributed by atoms with van der Waals surface area (Å²) >= 11 is 0. The van der Waals surface area contributed by atoms with Crippen LogP contribution in [0.4, 0.5) is 5.69 Å². The van der Waals surface area contributed by atoms with Crippen LogP contribution < -0.4 is 0 Å². The summed E-state index contributed by atoms with van der Waals surface area (Å²) in [5, 5.41) is 11.9. The molecule has 0 radical (unpaired) electrons. The minimum atomic E-state index is -0.327. The Kier molecular flexibility index (Phi) is 2.35. The van der Waals surface area contributed by atoms with E-state index in [1.54, 1.807) is 12.1 Å². The maximum absolute atomic E-state index is 10.9. The fourth-order valence-corrected chi connectivity index (χ4v) is 2.53. The summed E-state index contributed by atoms with van der Waals surface area (Å²) in [6, 6.07) is 5.28. The van der Waals surface area contributed by atoms with E-state index >= 15 is 0 Å². The molecule has 1 aromatic carbocycles. The van der Waals surface area contributed by atoms with E-state index in [2.05, 4.69) is 4.98 Å². The highest BCUT2D eigenvalue weighted by atomic mass is 16.6. The van der Waals surface area contributed by atoms with Gasteiger partial charge in [-0.15, -0.1) is 0 Å². The van der Waals surface area contributed by atoms with Gasteiger partial charge in [-0.2, -0.15) is 0 Å². The molecule has 0 unspecified atom stereocenters. The smallest absolute Gasteiger partial charge is 0.293 e. The molecule has 1 aromatic heterocycles. The number of benzene rings is 1. The summed E-state index contributed by atoms with van der Waals surface area (Å²) in [4.78, 5) is 13.6. The molecular weight excluding hydrogens is 216 g/mol. The minimum Gasteiger partial charge on any atom is -0.355 e. The molecule has 1 saturated carbocycles. The zero-order valence-corrected chi connectivity index (χ0v) is 9.48. The average Bonchev–Trinajstić information content (AvgIpc) is 2.66. The number of hydrogen-bond donors (Lipinski definition) is 1. The summed E-state index contributed by atoms with van der Waals surface area (Å²) in [5.41, 5.74) is 2.04. The normalized spacial score (nSPS) is 16.0. The molecule has 0 aliphatic heterocycles. The molecule has 4 heteroatoms. The summed E-state index contributed by atoms with van der Waals surface area (Å²) in [7, 11) is 0. The monoisotopic (exact) mass is 230 g/mol. The zero-order valence-electron chi connectivity index (χ0n) is 9.48. The molecule has 0 amide bonds. The van der Waals surface area contributed by atoms with Gasteiger partial charge in [0, 0.05) is 17.6 Å². The number of nitrogens with one attached hydrogen (secondary N) is 1. The number of nitrogens with zero attached hydrogens (tertiary/aromatic N) is 1. The van der Waals surface area contributed by atoms with Crippen LogP contribution in [0.1, 0.15) is 24.8 Å². The van der Waals surface area contributed by atoms with Gasteiger partial charge in [0.25, 0.3) is 5.69 Å². The second-order valence-electron chi connectivity index (χ2n) is 4.77. The van der Waals surface area contributed by atoms with Crippen LogP contribution >= 0.6 is 0 Å². The van der Waals surface area contributed by atoms with Crippen molar-refractivity contribution in [1.82, 2.24) is 4.98 Å². The second-order valence-corrected chi connectivity index (χ2v) is 4.77. The number of fused-ring (bicyclic) bond motifs is 1. The fourth-order valence-electron chi connectivity index (χ4n) is 2.53. The van der Waals surface area contributed by atoms with Crippen LogP contribution in [0.5, 0.6) is 0 Å². The molecule has 17 heavy (non-hydrogen) atoms. The van der Waals surface area contributed by atoms with Crippen molar-refractivity contribution in [3.63, 3.8) is 0 Å². The number of aromatic amines is 1. The maximum Gasteiger partial charge on any atom is 0.293 e. The van der Waals surface area contributed by atoms with Crippen molar-refractivity contribution in [3.8, 4) is 0 Å². The molecular formula is C13H14N2O2. The summed E-state index contributed by atoms with van der Waals surface area (Å²) in [6.07, 6.45) is 6.88. The Balaban J connectivity index is 2.03. The van der Waals surface area contributed by atoms with Gasteiger partial charge in [-0.25, -0.2) is 0 Å². The van der Waals surface area contributed by atoms with Crippen LogP contribution in [-0.4, -0.2) is 9.91 Å². The van der Waals surface area contributed by atoms with Gasteiger partial charge in [0.1, 0.15) is 5.52 Å². The van der Waals surface area contributed by atoms with E-state index in [0.717, 1.165) is 17.7 Å². The first-order valence-electron chi connectivity index (χ1n) is 5.99. The van der Waals surface area contributed by atoms with Crippen molar-refractivity contribution in [3.05, 3.63) is 40.1 Å². The van der Waals surface area contributed by atoms with Crippen LogP contribution in [0.15, 0.2) is 24.4 Å². The first-order chi connectivity index (χ1) is 8.25. The Morgan fingerprint density at radius 3 is 2.88 bits per heavy atom. The van der Waals surface area contributed by atoms with Gasteiger partial charge in [-0.3, -0.25) is 10.1 Å². The lowest BCUT2D eigenvalue weighted by atomic mass is 9.81. The predicted molar refractivity (Wildman–Crippen MR) is 66.0 cm³/mol. The quantitative estimate of drug-likeness (QED) is 0.648. The fraction of sp³-hybridized carbons (Fsp3) is 0.385. The number of non-ortho nitro benzene ring substituents is 1. The van der Waals surface area contributed by atoms with Gasteiger partial charge in [0.05, 0.1) is 4.92 Å². The number of H-pyrrole nitrogens is 1. The molecule has 1 heterocycles.